The average molecular weight is 347 g/mol. The number of piperidine rings is 2. The average Bonchev–Trinajstić information content (AvgIpc) is 2.62. The normalized spacial score (nSPS) is 22.3. The molecule has 0 unspecified atom stereocenters. The monoisotopic (exact) mass is 347 g/mol. The second-order valence-electron chi connectivity index (χ2n) is 6.96. The fourth-order valence-electron chi connectivity index (χ4n) is 3.68. The van der Waals surface area contributed by atoms with E-state index in [2.05, 4.69) is 16.7 Å². The quantitative estimate of drug-likeness (QED) is 0.789. The van der Waals surface area contributed by atoms with Gasteiger partial charge in [-0.15, -0.1) is 0 Å². The maximum absolute atomic E-state index is 12.7. The van der Waals surface area contributed by atoms with E-state index < -0.39 is 10.0 Å². The van der Waals surface area contributed by atoms with Gasteiger partial charge in [-0.2, -0.15) is 4.31 Å². The molecule has 0 aliphatic carbocycles. The summed E-state index contributed by atoms with van der Waals surface area (Å²) < 4.78 is 27.1. The number of sulfonamides is 1. The summed E-state index contributed by atoms with van der Waals surface area (Å²) in [6, 6.07) is 6.75. The van der Waals surface area contributed by atoms with Crippen LogP contribution in [0.25, 0.3) is 4.85 Å². The smallest absolute Gasteiger partial charge is 0.242 e. The number of rotatable bonds is 3. The Morgan fingerprint density at radius 3 is 2.12 bits per heavy atom. The van der Waals surface area contributed by atoms with Crippen LogP contribution in [0.4, 0.5) is 5.69 Å². The van der Waals surface area contributed by atoms with Gasteiger partial charge in [0.15, 0.2) is 5.69 Å². The molecular formula is C18H25N3O2S. The summed E-state index contributed by atoms with van der Waals surface area (Å²) in [6.07, 6.45) is 4.33. The Labute approximate surface area is 145 Å². The van der Waals surface area contributed by atoms with Crippen LogP contribution in [0, 0.1) is 12.5 Å². The molecule has 3 rings (SSSR count). The van der Waals surface area contributed by atoms with Crippen LogP contribution in [0.5, 0.6) is 0 Å². The second-order valence-corrected chi connectivity index (χ2v) is 8.90. The van der Waals surface area contributed by atoms with Gasteiger partial charge in [0.25, 0.3) is 0 Å². The predicted molar refractivity (Wildman–Crippen MR) is 94.5 cm³/mol. The molecule has 2 heterocycles. The van der Waals surface area contributed by atoms with E-state index in [1.165, 1.54) is 12.8 Å². The minimum atomic E-state index is -3.44. The fraction of sp³-hybridized carbons (Fsp3) is 0.611. The summed E-state index contributed by atoms with van der Waals surface area (Å²) >= 11 is 0. The Balaban J connectivity index is 1.62. The van der Waals surface area contributed by atoms with Crippen molar-refractivity contribution in [1.29, 1.82) is 0 Å². The third-order valence-corrected chi connectivity index (χ3v) is 7.27. The Kier molecular flexibility index (Phi) is 5.24. The summed E-state index contributed by atoms with van der Waals surface area (Å²) in [4.78, 5) is 6.15. The van der Waals surface area contributed by atoms with Crippen LogP contribution < -0.4 is 0 Å². The summed E-state index contributed by atoms with van der Waals surface area (Å²) in [7, 11) is -3.44. The molecule has 0 atom stereocenters. The first kappa shape index (κ1) is 17.4. The molecule has 0 N–H and O–H groups in total. The Hall–Kier alpha value is -1.42. The lowest BCUT2D eigenvalue weighted by Crippen LogP contribution is -2.48. The predicted octanol–water partition coefficient (Wildman–Crippen LogP) is 3.12. The van der Waals surface area contributed by atoms with Crippen molar-refractivity contribution in [3.05, 3.63) is 35.7 Å². The van der Waals surface area contributed by atoms with Crippen molar-refractivity contribution in [2.45, 2.75) is 43.5 Å². The van der Waals surface area contributed by atoms with Crippen LogP contribution in [0.15, 0.2) is 29.2 Å². The van der Waals surface area contributed by atoms with Gasteiger partial charge in [-0.05, 0) is 44.7 Å². The molecule has 2 saturated heterocycles. The van der Waals surface area contributed by atoms with Crippen LogP contribution in [0.2, 0.25) is 0 Å². The first-order valence-corrected chi connectivity index (χ1v) is 10.2. The molecular weight excluding hydrogens is 322 g/mol. The third kappa shape index (κ3) is 3.64. The summed E-state index contributed by atoms with van der Waals surface area (Å²) in [6.45, 7) is 12.7. The van der Waals surface area contributed by atoms with E-state index >= 15 is 0 Å². The number of benzene rings is 1. The Bertz CT molecular complexity index is 693. The van der Waals surface area contributed by atoms with Crippen molar-refractivity contribution in [2.75, 3.05) is 26.2 Å². The molecule has 1 aromatic carbocycles. The van der Waals surface area contributed by atoms with E-state index in [4.69, 9.17) is 6.57 Å². The lowest BCUT2D eigenvalue weighted by molar-refractivity contribution is 0.101. The van der Waals surface area contributed by atoms with E-state index in [9.17, 15) is 8.42 Å². The molecule has 0 radical (unpaired) electrons. The van der Waals surface area contributed by atoms with Crippen LogP contribution >= 0.6 is 0 Å². The summed E-state index contributed by atoms with van der Waals surface area (Å²) in [5, 5.41) is 0. The van der Waals surface area contributed by atoms with Crippen LogP contribution in [-0.2, 0) is 10.0 Å². The van der Waals surface area contributed by atoms with E-state index in [1.807, 2.05) is 0 Å². The number of hydrogen-bond donors (Lipinski definition) is 0. The highest BCUT2D eigenvalue weighted by Gasteiger charge is 2.32. The zero-order valence-corrected chi connectivity index (χ0v) is 15.0. The highest BCUT2D eigenvalue weighted by Crippen LogP contribution is 2.27. The van der Waals surface area contributed by atoms with Gasteiger partial charge in [-0.3, -0.25) is 0 Å². The van der Waals surface area contributed by atoms with Crippen molar-refractivity contribution in [3.63, 3.8) is 0 Å². The summed E-state index contributed by atoms with van der Waals surface area (Å²) in [5.74, 6) is 0.820. The number of likely N-dealkylation sites (tertiary alicyclic amines) is 1. The van der Waals surface area contributed by atoms with E-state index in [1.54, 1.807) is 28.6 Å². The SMILES string of the molecule is [C-]#[N+]c1ccc(S(=O)(=O)N2CCC(N3CCC(C)CC3)CC2)cc1. The molecule has 2 fully saturated rings. The molecule has 0 saturated carbocycles. The molecule has 0 amide bonds. The van der Waals surface area contributed by atoms with Gasteiger partial charge in [0.05, 0.1) is 11.5 Å². The van der Waals surface area contributed by atoms with Crippen LogP contribution in [-0.4, -0.2) is 49.8 Å². The Morgan fingerprint density at radius 2 is 1.58 bits per heavy atom. The van der Waals surface area contributed by atoms with Gasteiger partial charge in [-0.25, -0.2) is 13.3 Å². The molecule has 24 heavy (non-hydrogen) atoms. The van der Waals surface area contributed by atoms with E-state index in [0.717, 1.165) is 31.8 Å². The third-order valence-electron chi connectivity index (χ3n) is 5.36. The minimum Gasteiger partial charge on any atom is -0.300 e. The van der Waals surface area contributed by atoms with Gasteiger partial charge in [0.2, 0.25) is 10.0 Å². The lowest BCUT2D eigenvalue weighted by atomic mass is 9.95. The highest BCUT2D eigenvalue weighted by atomic mass is 32.2. The lowest BCUT2D eigenvalue weighted by Gasteiger charge is -2.41. The molecule has 5 nitrogen and oxygen atoms in total. The summed E-state index contributed by atoms with van der Waals surface area (Å²) in [5.41, 5.74) is 0.465. The van der Waals surface area contributed by atoms with Gasteiger partial charge >= 0.3 is 0 Å². The van der Waals surface area contributed by atoms with Crippen molar-refractivity contribution in [3.8, 4) is 0 Å². The fourth-order valence-corrected chi connectivity index (χ4v) is 5.15. The van der Waals surface area contributed by atoms with Gasteiger partial charge < -0.3 is 4.90 Å². The maximum Gasteiger partial charge on any atom is 0.242 e. The van der Waals surface area contributed by atoms with Gasteiger partial charge in [0, 0.05) is 19.1 Å². The molecule has 2 aliphatic heterocycles. The number of nitrogens with zero attached hydrogens (tertiary/aromatic N) is 3. The topological polar surface area (TPSA) is 45.0 Å². The van der Waals surface area contributed by atoms with Crippen LogP contribution in [0.3, 0.4) is 0 Å². The molecule has 6 heteroatoms. The van der Waals surface area contributed by atoms with Gasteiger partial charge in [-0.1, -0.05) is 31.2 Å². The van der Waals surface area contributed by atoms with Gasteiger partial charge in [0.1, 0.15) is 0 Å². The second kappa shape index (κ2) is 7.22. The standard InChI is InChI=1S/C18H25N3O2S/c1-15-7-11-20(12-8-15)17-9-13-21(14-10-17)24(22,23)18-5-3-16(19-2)4-6-18/h3-6,15,17H,7-14H2,1H3. The van der Waals surface area contributed by atoms with Crippen molar-refractivity contribution in [2.24, 2.45) is 5.92 Å². The first-order chi connectivity index (χ1) is 11.5. The molecule has 2 aliphatic rings. The van der Waals surface area contributed by atoms with Crippen molar-refractivity contribution >= 4 is 15.7 Å². The van der Waals surface area contributed by atoms with Crippen molar-refractivity contribution < 1.29 is 8.42 Å². The largest absolute Gasteiger partial charge is 0.300 e. The van der Waals surface area contributed by atoms with E-state index in [0.29, 0.717) is 29.7 Å². The minimum absolute atomic E-state index is 0.292. The number of hydrogen-bond acceptors (Lipinski definition) is 3. The molecule has 130 valence electrons. The molecule has 0 aromatic heterocycles. The van der Waals surface area contributed by atoms with E-state index in [-0.39, 0.29) is 0 Å². The highest BCUT2D eigenvalue weighted by molar-refractivity contribution is 7.89. The first-order valence-electron chi connectivity index (χ1n) is 8.72. The van der Waals surface area contributed by atoms with Crippen molar-refractivity contribution in [1.82, 2.24) is 9.21 Å². The molecule has 0 bridgehead atoms. The zero-order valence-electron chi connectivity index (χ0n) is 14.2. The Morgan fingerprint density at radius 1 is 1.00 bits per heavy atom. The zero-order chi connectivity index (χ0) is 17.2. The maximum atomic E-state index is 12.7. The van der Waals surface area contributed by atoms with Crippen LogP contribution in [0.1, 0.15) is 32.6 Å². The molecule has 1 aromatic rings. The molecule has 0 spiro atoms.